The highest BCUT2D eigenvalue weighted by Gasteiger charge is 2.32. The highest BCUT2D eigenvalue weighted by atomic mass is 32.2. The molecule has 1 aliphatic rings. The molecule has 2 aromatic carbocycles. The molecule has 0 radical (unpaired) electrons. The van der Waals surface area contributed by atoms with E-state index in [1.54, 1.807) is 12.1 Å². The molecular formula is C21H25N4O3S+. The molecule has 0 unspecified atom stereocenters. The fourth-order valence-corrected chi connectivity index (χ4v) is 4.98. The van der Waals surface area contributed by atoms with Crippen LogP contribution in [0.4, 0.5) is 5.69 Å². The van der Waals surface area contributed by atoms with Gasteiger partial charge in [0.15, 0.2) is 6.54 Å². The molecule has 0 atom stereocenters. The number of amides is 1. The van der Waals surface area contributed by atoms with Gasteiger partial charge in [-0.05, 0) is 36.2 Å². The van der Waals surface area contributed by atoms with Gasteiger partial charge in [-0.1, -0.05) is 31.2 Å². The Morgan fingerprint density at radius 1 is 1.14 bits per heavy atom. The summed E-state index contributed by atoms with van der Waals surface area (Å²) in [4.78, 5) is 13.4. The second-order valence-electron chi connectivity index (χ2n) is 7.04. The van der Waals surface area contributed by atoms with Gasteiger partial charge in [-0.2, -0.15) is 9.57 Å². The van der Waals surface area contributed by atoms with Gasteiger partial charge in [0.25, 0.3) is 5.91 Å². The molecule has 0 saturated carbocycles. The van der Waals surface area contributed by atoms with Crippen molar-refractivity contribution in [3.05, 3.63) is 59.7 Å². The summed E-state index contributed by atoms with van der Waals surface area (Å²) in [5.74, 6) is -0.0876. The van der Waals surface area contributed by atoms with Crippen LogP contribution in [0.2, 0.25) is 0 Å². The molecule has 0 aliphatic carbocycles. The summed E-state index contributed by atoms with van der Waals surface area (Å²) in [6.45, 7) is 4.08. The molecule has 29 heavy (non-hydrogen) atoms. The molecule has 1 fully saturated rings. The number of aryl methyl sites for hydroxylation is 1. The van der Waals surface area contributed by atoms with E-state index in [9.17, 15) is 18.5 Å². The first kappa shape index (κ1) is 21.0. The largest absolute Gasteiger partial charge is 0.325 e. The van der Waals surface area contributed by atoms with E-state index in [1.807, 2.05) is 30.3 Å². The summed E-state index contributed by atoms with van der Waals surface area (Å²) in [5.41, 5.74) is 2.13. The minimum absolute atomic E-state index is 0.0409. The van der Waals surface area contributed by atoms with E-state index in [0.29, 0.717) is 26.2 Å². The molecule has 1 heterocycles. The lowest BCUT2D eigenvalue weighted by atomic mass is 10.1. The van der Waals surface area contributed by atoms with Gasteiger partial charge in [-0.25, -0.2) is 8.42 Å². The number of quaternary nitrogens is 1. The number of carbonyl (C=O) groups is 1. The number of sulfonamides is 1. The molecule has 152 valence electrons. The van der Waals surface area contributed by atoms with Crippen LogP contribution in [-0.2, 0) is 21.2 Å². The van der Waals surface area contributed by atoms with Crippen LogP contribution in [0.5, 0.6) is 0 Å². The van der Waals surface area contributed by atoms with Crippen molar-refractivity contribution in [2.24, 2.45) is 0 Å². The number of nitriles is 1. The molecule has 0 bridgehead atoms. The van der Waals surface area contributed by atoms with Gasteiger partial charge < -0.3 is 10.2 Å². The van der Waals surface area contributed by atoms with Crippen LogP contribution in [0.3, 0.4) is 0 Å². The van der Waals surface area contributed by atoms with Crippen LogP contribution in [0.25, 0.3) is 0 Å². The molecule has 3 rings (SSSR count). The first-order valence-electron chi connectivity index (χ1n) is 9.65. The molecule has 1 amide bonds. The Bertz CT molecular complexity index is 1000. The fraction of sp³-hybridized carbons (Fsp3) is 0.333. The number of nitrogens with one attached hydrogen (secondary N) is 2. The maximum atomic E-state index is 12.9. The van der Waals surface area contributed by atoms with E-state index in [1.165, 1.54) is 22.0 Å². The fourth-order valence-electron chi connectivity index (χ4n) is 3.40. The smallest absolute Gasteiger partial charge is 0.279 e. The molecular weight excluding hydrogens is 388 g/mol. The summed E-state index contributed by atoms with van der Waals surface area (Å²) in [6.07, 6.45) is 0.949. The third-order valence-electron chi connectivity index (χ3n) is 5.11. The number of hydrogen-bond donors (Lipinski definition) is 2. The lowest BCUT2D eigenvalue weighted by Crippen LogP contribution is -3.15. The first-order chi connectivity index (χ1) is 13.9. The van der Waals surface area contributed by atoms with Crippen molar-refractivity contribution in [2.45, 2.75) is 18.2 Å². The van der Waals surface area contributed by atoms with Crippen molar-refractivity contribution in [1.82, 2.24) is 4.31 Å². The van der Waals surface area contributed by atoms with Crippen molar-refractivity contribution < 1.29 is 18.1 Å². The number of hydrogen-bond acceptors (Lipinski definition) is 4. The highest BCUT2D eigenvalue weighted by Crippen LogP contribution is 2.19. The Labute approximate surface area is 171 Å². The standard InChI is InChI=1S/C21H24N4O3S/c1-2-17-7-9-19(10-8-17)23-21(26)16-24-11-13-25(14-12-24)29(27,28)20-6-4-3-5-18(20)15-22/h3-10H,2,11-14,16H2,1H3,(H,23,26)/p+1. The molecule has 2 N–H and O–H groups in total. The molecule has 1 saturated heterocycles. The van der Waals surface area contributed by atoms with Gasteiger partial charge >= 0.3 is 0 Å². The van der Waals surface area contributed by atoms with Crippen LogP contribution in [0, 0.1) is 11.3 Å². The predicted octanol–water partition coefficient (Wildman–Crippen LogP) is 0.649. The molecule has 1 aliphatic heterocycles. The summed E-state index contributed by atoms with van der Waals surface area (Å²) >= 11 is 0. The summed E-state index contributed by atoms with van der Waals surface area (Å²) < 4.78 is 27.1. The van der Waals surface area contributed by atoms with Gasteiger partial charge in [-0.3, -0.25) is 4.79 Å². The van der Waals surface area contributed by atoms with Crippen LogP contribution in [0.15, 0.2) is 53.4 Å². The molecule has 7 nitrogen and oxygen atoms in total. The summed E-state index contributed by atoms with van der Waals surface area (Å²) in [7, 11) is -3.71. The van der Waals surface area contributed by atoms with E-state index >= 15 is 0 Å². The van der Waals surface area contributed by atoms with Gasteiger partial charge in [0.05, 0.1) is 36.6 Å². The summed E-state index contributed by atoms with van der Waals surface area (Å²) in [6, 6.07) is 15.9. The van der Waals surface area contributed by atoms with Crippen molar-refractivity contribution in [3.63, 3.8) is 0 Å². The lowest BCUT2D eigenvalue weighted by molar-refractivity contribution is -0.895. The number of nitrogens with zero attached hydrogens (tertiary/aromatic N) is 2. The number of carbonyl (C=O) groups excluding carboxylic acids is 1. The Balaban J connectivity index is 1.56. The van der Waals surface area contributed by atoms with Crippen LogP contribution in [-0.4, -0.2) is 51.4 Å². The van der Waals surface area contributed by atoms with E-state index < -0.39 is 10.0 Å². The summed E-state index contributed by atoms with van der Waals surface area (Å²) in [5, 5.41) is 12.1. The zero-order valence-electron chi connectivity index (χ0n) is 16.4. The van der Waals surface area contributed by atoms with Gasteiger partial charge in [0, 0.05) is 5.69 Å². The van der Waals surface area contributed by atoms with E-state index in [-0.39, 0.29) is 22.9 Å². The van der Waals surface area contributed by atoms with E-state index in [2.05, 4.69) is 12.2 Å². The lowest BCUT2D eigenvalue weighted by Gasteiger charge is -2.31. The average molecular weight is 414 g/mol. The van der Waals surface area contributed by atoms with Crippen molar-refractivity contribution in [2.75, 3.05) is 38.0 Å². The topological polar surface area (TPSA) is 94.7 Å². The van der Waals surface area contributed by atoms with Crippen LogP contribution in [0.1, 0.15) is 18.1 Å². The second kappa shape index (κ2) is 9.18. The zero-order chi connectivity index (χ0) is 20.9. The maximum Gasteiger partial charge on any atom is 0.279 e. The van der Waals surface area contributed by atoms with E-state index in [0.717, 1.165) is 17.0 Å². The molecule has 0 aromatic heterocycles. The highest BCUT2D eigenvalue weighted by molar-refractivity contribution is 7.89. The van der Waals surface area contributed by atoms with Crippen molar-refractivity contribution in [1.29, 1.82) is 5.26 Å². The number of piperazine rings is 1. The molecule has 8 heteroatoms. The Morgan fingerprint density at radius 2 is 1.79 bits per heavy atom. The van der Waals surface area contributed by atoms with Crippen molar-refractivity contribution >= 4 is 21.6 Å². The van der Waals surface area contributed by atoms with Crippen LogP contribution >= 0.6 is 0 Å². The third-order valence-corrected chi connectivity index (χ3v) is 7.07. The SMILES string of the molecule is CCc1ccc(NC(=O)C[NH+]2CCN(S(=O)(=O)c3ccccc3C#N)CC2)cc1. The second-order valence-corrected chi connectivity index (χ2v) is 8.94. The monoisotopic (exact) mass is 413 g/mol. The Morgan fingerprint density at radius 3 is 2.41 bits per heavy atom. The van der Waals surface area contributed by atoms with Gasteiger partial charge in [0.2, 0.25) is 10.0 Å². The maximum absolute atomic E-state index is 12.9. The molecule has 0 spiro atoms. The normalized spacial score (nSPS) is 15.6. The number of rotatable bonds is 6. The molecule has 2 aromatic rings. The number of benzene rings is 2. The van der Waals surface area contributed by atoms with Crippen LogP contribution < -0.4 is 10.2 Å². The minimum Gasteiger partial charge on any atom is -0.325 e. The van der Waals surface area contributed by atoms with Gasteiger partial charge in [-0.15, -0.1) is 0 Å². The van der Waals surface area contributed by atoms with Crippen molar-refractivity contribution in [3.8, 4) is 6.07 Å². The van der Waals surface area contributed by atoms with Gasteiger partial charge in [0.1, 0.15) is 6.07 Å². The zero-order valence-corrected chi connectivity index (χ0v) is 17.2. The third kappa shape index (κ3) is 5.01. The first-order valence-corrected chi connectivity index (χ1v) is 11.1. The average Bonchev–Trinajstić information content (AvgIpc) is 2.74. The minimum atomic E-state index is -3.71. The number of anilines is 1. The van der Waals surface area contributed by atoms with E-state index in [4.69, 9.17) is 0 Å². The predicted molar refractivity (Wildman–Crippen MR) is 110 cm³/mol. The Hall–Kier alpha value is -2.73. The quantitative estimate of drug-likeness (QED) is 0.727. The Kier molecular flexibility index (Phi) is 6.64.